The molecule has 0 saturated heterocycles. The Bertz CT molecular complexity index is 1850. The average molecular weight is 574 g/mol. The number of aryl methyl sites for hydroxylation is 1. The van der Waals surface area contributed by atoms with E-state index >= 15 is 0 Å². The van der Waals surface area contributed by atoms with E-state index in [0.29, 0.717) is 16.8 Å². The quantitative estimate of drug-likeness (QED) is 0.110. The zero-order valence-electron chi connectivity index (χ0n) is 23.8. The maximum atomic E-state index is 13.8. The monoisotopic (exact) mass is 573 g/mol. The van der Waals surface area contributed by atoms with Gasteiger partial charge in [0.1, 0.15) is 17.3 Å². The molecule has 2 amide bonds. The zero-order valence-corrected chi connectivity index (χ0v) is 23.8. The smallest absolute Gasteiger partial charge is 0.311 e. The Labute approximate surface area is 247 Å². The Balaban J connectivity index is 1.67. The lowest BCUT2D eigenvalue weighted by molar-refractivity contribution is -0.385. The molecule has 2 heterocycles. The van der Waals surface area contributed by atoms with Crippen molar-refractivity contribution in [3.63, 3.8) is 0 Å². The predicted octanol–water partition coefficient (Wildman–Crippen LogP) is 5.95. The van der Waals surface area contributed by atoms with Gasteiger partial charge in [0, 0.05) is 29.0 Å². The van der Waals surface area contributed by atoms with Crippen LogP contribution in [0.1, 0.15) is 30.5 Å². The normalized spacial score (nSPS) is 14.3. The molecule has 0 spiro atoms. The summed E-state index contributed by atoms with van der Waals surface area (Å²) in [4.78, 5) is 39.5. The standard InChI is InChI=1S/C33H27N5O5/c1-4-43-30-15-14-24(17-29(30)38(41)42)31-25(20-37(35-31)26-8-6-5-7-9-26)16-27-22(3)28(18-34)33(40)36(32(27)39)19-23-12-10-21(2)11-13-23/h5-17,20H,4,19H2,1-3H3/b27-16+. The fourth-order valence-electron chi connectivity index (χ4n) is 4.82. The van der Waals surface area contributed by atoms with Gasteiger partial charge in [-0.1, -0.05) is 48.0 Å². The predicted molar refractivity (Wildman–Crippen MR) is 160 cm³/mol. The number of hydrogen-bond acceptors (Lipinski definition) is 7. The number of nitrogens with zero attached hydrogens (tertiary/aromatic N) is 5. The Morgan fingerprint density at radius 1 is 1.02 bits per heavy atom. The lowest BCUT2D eigenvalue weighted by atomic mass is 9.93. The molecule has 0 aliphatic carbocycles. The van der Waals surface area contributed by atoms with Gasteiger partial charge >= 0.3 is 5.69 Å². The maximum Gasteiger partial charge on any atom is 0.311 e. The van der Waals surface area contributed by atoms with E-state index in [0.717, 1.165) is 21.7 Å². The number of hydrogen-bond donors (Lipinski definition) is 0. The molecule has 43 heavy (non-hydrogen) atoms. The van der Waals surface area contributed by atoms with Crippen LogP contribution in [0.25, 0.3) is 23.0 Å². The van der Waals surface area contributed by atoms with Gasteiger partial charge in [-0.05, 0) is 62.2 Å². The molecule has 10 nitrogen and oxygen atoms in total. The van der Waals surface area contributed by atoms with E-state index in [4.69, 9.17) is 9.84 Å². The third kappa shape index (κ3) is 5.69. The van der Waals surface area contributed by atoms with Gasteiger partial charge in [0.15, 0.2) is 5.75 Å². The number of nitriles is 1. The molecule has 0 unspecified atom stereocenters. The van der Waals surface area contributed by atoms with Crippen LogP contribution in [0, 0.1) is 28.4 Å². The minimum absolute atomic E-state index is 0.00499. The largest absolute Gasteiger partial charge is 0.487 e. The highest BCUT2D eigenvalue weighted by atomic mass is 16.6. The summed E-state index contributed by atoms with van der Waals surface area (Å²) in [6, 6.07) is 23.2. The minimum atomic E-state index is -0.662. The van der Waals surface area contributed by atoms with Crippen LogP contribution < -0.4 is 4.74 Å². The van der Waals surface area contributed by atoms with E-state index < -0.39 is 16.7 Å². The second kappa shape index (κ2) is 12.0. The number of imide groups is 1. The maximum absolute atomic E-state index is 13.8. The van der Waals surface area contributed by atoms with Crippen LogP contribution in [0.4, 0.5) is 5.69 Å². The number of nitro groups is 1. The third-order valence-electron chi connectivity index (χ3n) is 7.08. The van der Waals surface area contributed by atoms with Gasteiger partial charge in [-0.15, -0.1) is 0 Å². The first-order valence-corrected chi connectivity index (χ1v) is 13.5. The molecule has 0 bridgehead atoms. The summed E-state index contributed by atoms with van der Waals surface area (Å²) < 4.78 is 7.05. The van der Waals surface area contributed by atoms with Crippen molar-refractivity contribution in [2.24, 2.45) is 0 Å². The second-order valence-corrected chi connectivity index (χ2v) is 9.94. The molecule has 1 aliphatic heterocycles. The first-order chi connectivity index (χ1) is 20.7. The van der Waals surface area contributed by atoms with Crippen molar-refractivity contribution in [3.05, 3.63) is 123 Å². The van der Waals surface area contributed by atoms with Crippen LogP contribution in [0.5, 0.6) is 5.75 Å². The molecule has 0 N–H and O–H groups in total. The fraction of sp³-hybridized carbons (Fsp3) is 0.152. The van der Waals surface area contributed by atoms with Crippen molar-refractivity contribution in [3.8, 4) is 28.8 Å². The third-order valence-corrected chi connectivity index (χ3v) is 7.08. The van der Waals surface area contributed by atoms with Gasteiger partial charge in [0.2, 0.25) is 0 Å². The van der Waals surface area contributed by atoms with Crippen LogP contribution >= 0.6 is 0 Å². The Hall–Kier alpha value is -5.82. The molecule has 0 radical (unpaired) electrons. The minimum Gasteiger partial charge on any atom is -0.487 e. The summed E-state index contributed by atoms with van der Waals surface area (Å²) in [5.74, 6) is -1.09. The van der Waals surface area contributed by atoms with Crippen molar-refractivity contribution >= 4 is 23.6 Å². The molecular weight excluding hydrogens is 546 g/mol. The molecule has 10 heteroatoms. The highest BCUT2D eigenvalue weighted by Crippen LogP contribution is 2.36. The molecule has 214 valence electrons. The van der Waals surface area contributed by atoms with Crippen LogP contribution in [-0.2, 0) is 16.1 Å². The van der Waals surface area contributed by atoms with Crippen LogP contribution in [0.3, 0.4) is 0 Å². The fourth-order valence-corrected chi connectivity index (χ4v) is 4.82. The number of para-hydroxylation sites is 1. The molecule has 1 aromatic heterocycles. The number of carbonyl (C=O) groups excluding carboxylic acids is 2. The number of amides is 2. The van der Waals surface area contributed by atoms with Gasteiger partial charge < -0.3 is 4.74 Å². The van der Waals surface area contributed by atoms with Crippen LogP contribution in [-0.4, -0.2) is 38.0 Å². The summed E-state index contributed by atoms with van der Waals surface area (Å²) in [5, 5.41) is 26.5. The molecule has 0 atom stereocenters. The molecule has 0 saturated carbocycles. The Morgan fingerprint density at radius 2 is 1.74 bits per heavy atom. The second-order valence-electron chi connectivity index (χ2n) is 9.94. The van der Waals surface area contributed by atoms with Gasteiger partial charge in [-0.2, -0.15) is 10.4 Å². The summed E-state index contributed by atoms with van der Waals surface area (Å²) in [6.07, 6.45) is 3.28. The first-order valence-electron chi connectivity index (χ1n) is 13.5. The lowest BCUT2D eigenvalue weighted by Crippen LogP contribution is -2.42. The summed E-state index contributed by atoms with van der Waals surface area (Å²) in [6.45, 7) is 5.49. The Morgan fingerprint density at radius 3 is 2.40 bits per heavy atom. The molecule has 5 rings (SSSR count). The van der Waals surface area contributed by atoms with Gasteiger partial charge in [0.05, 0.1) is 23.8 Å². The van der Waals surface area contributed by atoms with E-state index in [9.17, 15) is 25.0 Å². The van der Waals surface area contributed by atoms with Gasteiger partial charge in [-0.25, -0.2) is 4.68 Å². The first kappa shape index (κ1) is 28.7. The van der Waals surface area contributed by atoms with Gasteiger partial charge in [-0.3, -0.25) is 24.6 Å². The number of aromatic nitrogens is 2. The summed E-state index contributed by atoms with van der Waals surface area (Å²) >= 11 is 0. The van der Waals surface area contributed by atoms with E-state index in [1.54, 1.807) is 36.9 Å². The van der Waals surface area contributed by atoms with E-state index in [-0.39, 0.29) is 41.3 Å². The number of carbonyl (C=O) groups is 2. The van der Waals surface area contributed by atoms with Crippen LogP contribution in [0.15, 0.2) is 95.7 Å². The van der Waals surface area contributed by atoms with E-state index in [2.05, 4.69) is 0 Å². The van der Waals surface area contributed by atoms with Crippen LogP contribution in [0.2, 0.25) is 0 Å². The number of rotatable bonds is 8. The van der Waals surface area contributed by atoms with Crippen molar-refractivity contribution in [2.75, 3.05) is 6.61 Å². The van der Waals surface area contributed by atoms with E-state index in [1.807, 2.05) is 67.6 Å². The molecular formula is C33H27N5O5. The van der Waals surface area contributed by atoms with Crippen molar-refractivity contribution < 1.29 is 19.2 Å². The molecule has 4 aromatic rings. The van der Waals surface area contributed by atoms with Crippen molar-refractivity contribution in [1.29, 1.82) is 5.26 Å². The summed E-state index contributed by atoms with van der Waals surface area (Å²) in [7, 11) is 0. The molecule has 0 fully saturated rings. The lowest BCUT2D eigenvalue weighted by Gasteiger charge is -2.27. The topological polar surface area (TPSA) is 131 Å². The molecule has 3 aromatic carbocycles. The van der Waals surface area contributed by atoms with Gasteiger partial charge in [0.25, 0.3) is 11.8 Å². The Kier molecular flexibility index (Phi) is 7.98. The van der Waals surface area contributed by atoms with E-state index in [1.165, 1.54) is 12.1 Å². The highest BCUT2D eigenvalue weighted by molar-refractivity contribution is 6.19. The SMILES string of the molecule is CCOc1ccc(-c2nn(-c3ccccc3)cc2/C=C2/C(=O)N(Cc3ccc(C)cc3)C(=O)C(C#N)=C2C)cc1[N+](=O)[O-]. The highest BCUT2D eigenvalue weighted by Gasteiger charge is 2.36. The van der Waals surface area contributed by atoms with Crippen molar-refractivity contribution in [1.82, 2.24) is 14.7 Å². The summed E-state index contributed by atoms with van der Waals surface area (Å²) in [5.41, 5.74) is 3.79. The number of ether oxygens (including phenoxy) is 1. The number of nitro benzene ring substituents is 1. The zero-order chi connectivity index (χ0) is 30.7. The number of benzene rings is 3. The molecule has 1 aliphatic rings. The average Bonchev–Trinajstić information content (AvgIpc) is 3.43. The van der Waals surface area contributed by atoms with Crippen molar-refractivity contribution in [2.45, 2.75) is 27.3 Å².